The van der Waals surface area contributed by atoms with Gasteiger partial charge in [-0.2, -0.15) is 0 Å². The third-order valence-corrected chi connectivity index (χ3v) is 1.06. The van der Waals surface area contributed by atoms with E-state index in [0.717, 1.165) is 5.69 Å². The van der Waals surface area contributed by atoms with Crippen LogP contribution in [0.2, 0.25) is 0 Å². The Morgan fingerprint density at radius 1 is 1.67 bits per heavy atom. The third kappa shape index (κ3) is 1.83. The standard InChI is InChI=1S/C6H8FNO/c7-4-1-2-6-3-5-9-8-6/h3,5H,1-2,4H2. The molecule has 0 spiro atoms. The summed E-state index contributed by atoms with van der Waals surface area (Å²) < 4.78 is 16.1. The van der Waals surface area contributed by atoms with Crippen LogP contribution in [0.3, 0.4) is 0 Å². The van der Waals surface area contributed by atoms with Crippen LogP contribution in [0.15, 0.2) is 16.9 Å². The zero-order chi connectivity index (χ0) is 6.53. The molecule has 0 atom stereocenters. The van der Waals surface area contributed by atoms with Crippen molar-refractivity contribution in [3.63, 3.8) is 0 Å². The van der Waals surface area contributed by atoms with Crippen molar-refractivity contribution >= 4 is 0 Å². The highest BCUT2D eigenvalue weighted by atomic mass is 19.1. The van der Waals surface area contributed by atoms with Crippen LogP contribution < -0.4 is 0 Å². The van der Waals surface area contributed by atoms with Gasteiger partial charge in [0.25, 0.3) is 0 Å². The van der Waals surface area contributed by atoms with Crippen LogP contribution >= 0.6 is 0 Å². The normalized spacial score (nSPS) is 9.89. The van der Waals surface area contributed by atoms with Gasteiger partial charge in [0.1, 0.15) is 6.26 Å². The average molecular weight is 129 g/mol. The maximum atomic E-state index is 11.5. The van der Waals surface area contributed by atoms with E-state index >= 15 is 0 Å². The van der Waals surface area contributed by atoms with Gasteiger partial charge in [-0.15, -0.1) is 0 Å². The van der Waals surface area contributed by atoms with E-state index in [-0.39, 0.29) is 6.67 Å². The van der Waals surface area contributed by atoms with E-state index in [9.17, 15) is 4.39 Å². The molecule has 50 valence electrons. The predicted octanol–water partition coefficient (Wildman–Crippen LogP) is 1.58. The van der Waals surface area contributed by atoms with Gasteiger partial charge in [0.05, 0.1) is 12.4 Å². The Kier molecular flexibility index (Phi) is 2.24. The monoisotopic (exact) mass is 129 g/mol. The van der Waals surface area contributed by atoms with E-state index in [2.05, 4.69) is 9.68 Å². The molecule has 1 heterocycles. The Hall–Kier alpha value is -0.860. The predicted molar refractivity (Wildman–Crippen MR) is 30.8 cm³/mol. The Morgan fingerprint density at radius 2 is 2.56 bits per heavy atom. The lowest BCUT2D eigenvalue weighted by molar-refractivity contribution is 0.406. The smallest absolute Gasteiger partial charge is 0.124 e. The van der Waals surface area contributed by atoms with Gasteiger partial charge in [0.2, 0.25) is 0 Å². The molecule has 0 bridgehead atoms. The Morgan fingerprint density at radius 3 is 3.11 bits per heavy atom. The molecule has 0 N–H and O–H groups in total. The molecule has 0 saturated carbocycles. The number of alkyl halides is 1. The van der Waals surface area contributed by atoms with Crippen molar-refractivity contribution in [2.45, 2.75) is 12.8 Å². The Bertz CT molecular complexity index is 150. The summed E-state index contributed by atoms with van der Waals surface area (Å²) in [7, 11) is 0. The first-order valence-corrected chi connectivity index (χ1v) is 2.88. The van der Waals surface area contributed by atoms with Crippen LogP contribution in [0.5, 0.6) is 0 Å². The molecule has 0 fully saturated rings. The van der Waals surface area contributed by atoms with Crippen molar-refractivity contribution in [2.75, 3.05) is 6.67 Å². The third-order valence-electron chi connectivity index (χ3n) is 1.06. The van der Waals surface area contributed by atoms with Gasteiger partial charge in [-0.05, 0) is 12.8 Å². The topological polar surface area (TPSA) is 26.0 Å². The highest BCUT2D eigenvalue weighted by Crippen LogP contribution is 1.98. The zero-order valence-electron chi connectivity index (χ0n) is 5.01. The SMILES string of the molecule is FCCCc1ccon1. The first kappa shape index (κ1) is 6.26. The highest BCUT2D eigenvalue weighted by molar-refractivity contribution is 4.94. The fourth-order valence-corrected chi connectivity index (χ4v) is 0.614. The lowest BCUT2D eigenvalue weighted by atomic mass is 10.2. The fourth-order valence-electron chi connectivity index (χ4n) is 0.614. The molecule has 0 aliphatic rings. The largest absolute Gasteiger partial charge is 0.365 e. The number of rotatable bonds is 3. The van der Waals surface area contributed by atoms with Gasteiger partial charge in [0.15, 0.2) is 0 Å². The second-order valence-electron chi connectivity index (χ2n) is 1.78. The molecule has 9 heavy (non-hydrogen) atoms. The van der Waals surface area contributed by atoms with E-state index in [4.69, 9.17) is 0 Å². The quantitative estimate of drug-likeness (QED) is 0.619. The molecule has 2 nitrogen and oxygen atoms in total. The van der Waals surface area contributed by atoms with E-state index in [1.807, 2.05) is 0 Å². The van der Waals surface area contributed by atoms with Gasteiger partial charge < -0.3 is 4.52 Å². The number of nitrogens with zero attached hydrogens (tertiary/aromatic N) is 1. The van der Waals surface area contributed by atoms with Gasteiger partial charge in [-0.3, -0.25) is 4.39 Å². The molecule has 3 heteroatoms. The van der Waals surface area contributed by atoms with Gasteiger partial charge in [-0.25, -0.2) is 0 Å². The minimum absolute atomic E-state index is 0.285. The van der Waals surface area contributed by atoms with Crippen molar-refractivity contribution in [1.82, 2.24) is 5.16 Å². The van der Waals surface area contributed by atoms with Gasteiger partial charge >= 0.3 is 0 Å². The molecule has 0 aliphatic heterocycles. The molecule has 0 amide bonds. The molecule has 0 saturated heterocycles. The second kappa shape index (κ2) is 3.22. The Labute approximate surface area is 52.7 Å². The lowest BCUT2D eigenvalue weighted by Crippen LogP contribution is -1.84. The summed E-state index contributed by atoms with van der Waals surface area (Å²) >= 11 is 0. The van der Waals surface area contributed by atoms with Gasteiger partial charge in [0, 0.05) is 6.07 Å². The lowest BCUT2D eigenvalue weighted by Gasteiger charge is -1.86. The van der Waals surface area contributed by atoms with Crippen molar-refractivity contribution in [2.24, 2.45) is 0 Å². The van der Waals surface area contributed by atoms with Crippen molar-refractivity contribution in [3.8, 4) is 0 Å². The van der Waals surface area contributed by atoms with E-state index in [1.165, 1.54) is 6.26 Å². The summed E-state index contributed by atoms with van der Waals surface area (Å²) in [4.78, 5) is 0. The van der Waals surface area contributed by atoms with Crippen LogP contribution in [-0.4, -0.2) is 11.8 Å². The maximum absolute atomic E-state index is 11.5. The van der Waals surface area contributed by atoms with Crippen LogP contribution in [-0.2, 0) is 6.42 Å². The summed E-state index contributed by atoms with van der Waals surface area (Å²) in [6.07, 6.45) is 2.70. The van der Waals surface area contributed by atoms with Crippen molar-refractivity contribution in [3.05, 3.63) is 18.0 Å². The first-order chi connectivity index (χ1) is 4.43. The summed E-state index contributed by atoms with van der Waals surface area (Å²) in [6, 6.07) is 1.75. The van der Waals surface area contributed by atoms with E-state index in [1.54, 1.807) is 6.07 Å². The second-order valence-corrected chi connectivity index (χ2v) is 1.78. The highest BCUT2D eigenvalue weighted by Gasteiger charge is 1.93. The van der Waals surface area contributed by atoms with E-state index in [0.29, 0.717) is 12.8 Å². The molecular weight excluding hydrogens is 121 g/mol. The molecule has 0 aliphatic carbocycles. The number of hydrogen-bond acceptors (Lipinski definition) is 2. The van der Waals surface area contributed by atoms with Crippen molar-refractivity contribution < 1.29 is 8.91 Å². The number of aryl methyl sites for hydroxylation is 1. The molecule has 1 aromatic rings. The number of hydrogen-bond donors (Lipinski definition) is 0. The summed E-state index contributed by atoms with van der Waals surface area (Å²) in [5.41, 5.74) is 0.827. The fraction of sp³-hybridized carbons (Fsp3) is 0.500. The molecule has 0 unspecified atom stereocenters. The first-order valence-electron chi connectivity index (χ1n) is 2.88. The molecule has 1 rings (SSSR count). The van der Waals surface area contributed by atoms with Crippen molar-refractivity contribution in [1.29, 1.82) is 0 Å². The zero-order valence-corrected chi connectivity index (χ0v) is 5.01. The minimum Gasteiger partial charge on any atom is -0.365 e. The Balaban J connectivity index is 2.30. The number of halogens is 1. The van der Waals surface area contributed by atoms with Crippen LogP contribution in [0, 0.1) is 0 Å². The van der Waals surface area contributed by atoms with E-state index < -0.39 is 0 Å². The molecule has 0 aromatic carbocycles. The molecule has 0 radical (unpaired) electrons. The maximum Gasteiger partial charge on any atom is 0.124 e. The number of aromatic nitrogens is 1. The molecular formula is C6H8FNO. The van der Waals surface area contributed by atoms with Gasteiger partial charge in [-0.1, -0.05) is 5.16 Å². The summed E-state index contributed by atoms with van der Waals surface area (Å²) in [5.74, 6) is 0. The van der Waals surface area contributed by atoms with Crippen LogP contribution in [0.1, 0.15) is 12.1 Å². The average Bonchev–Trinajstić information content (AvgIpc) is 2.34. The molecule has 1 aromatic heterocycles. The summed E-state index contributed by atoms with van der Waals surface area (Å²) in [5, 5.41) is 3.61. The van der Waals surface area contributed by atoms with Crippen LogP contribution in [0.4, 0.5) is 4.39 Å². The van der Waals surface area contributed by atoms with Crippen LogP contribution in [0.25, 0.3) is 0 Å². The summed E-state index contributed by atoms with van der Waals surface area (Å²) in [6.45, 7) is -0.285. The minimum atomic E-state index is -0.285.